The summed E-state index contributed by atoms with van der Waals surface area (Å²) in [7, 11) is 0. The van der Waals surface area contributed by atoms with Crippen molar-refractivity contribution >= 4 is 5.78 Å². The van der Waals surface area contributed by atoms with Crippen molar-refractivity contribution in [1.29, 1.82) is 0 Å². The highest BCUT2D eigenvalue weighted by atomic mass is 16.5. The van der Waals surface area contributed by atoms with Gasteiger partial charge in [-0.15, -0.1) is 0 Å². The summed E-state index contributed by atoms with van der Waals surface area (Å²) >= 11 is 0. The average molecular weight is 417 g/mol. The number of aryl methyl sites for hydroxylation is 1. The molecule has 0 radical (unpaired) electrons. The minimum atomic E-state index is 0.219. The van der Waals surface area contributed by atoms with E-state index in [-0.39, 0.29) is 6.10 Å². The van der Waals surface area contributed by atoms with Gasteiger partial charge in [-0.25, -0.2) is 0 Å². The molecule has 2 nitrogen and oxygen atoms in total. The van der Waals surface area contributed by atoms with Crippen LogP contribution in [0.15, 0.2) is 65.5 Å². The SMILES string of the molecule is CC(CCCc1ccccc1)OC1=CC2=C3CCCCC3C3CCC(=O)CC3C2C=C1. The number of hydrogen-bond donors (Lipinski definition) is 0. The number of hydrogen-bond acceptors (Lipinski definition) is 2. The molecule has 0 aliphatic heterocycles. The molecule has 164 valence electrons. The van der Waals surface area contributed by atoms with Crippen LogP contribution in [0.5, 0.6) is 0 Å². The number of rotatable bonds is 6. The van der Waals surface area contributed by atoms with Gasteiger partial charge in [0.1, 0.15) is 11.5 Å². The molecule has 0 aromatic heterocycles. The van der Waals surface area contributed by atoms with Gasteiger partial charge >= 0.3 is 0 Å². The van der Waals surface area contributed by atoms with Crippen LogP contribution in [0.1, 0.15) is 70.3 Å². The van der Waals surface area contributed by atoms with Crippen molar-refractivity contribution in [3.05, 3.63) is 71.0 Å². The van der Waals surface area contributed by atoms with Crippen LogP contribution in [-0.2, 0) is 16.0 Å². The fourth-order valence-corrected chi connectivity index (χ4v) is 6.70. The lowest BCUT2D eigenvalue weighted by Gasteiger charge is -2.49. The summed E-state index contributed by atoms with van der Waals surface area (Å²) in [5, 5.41) is 0. The molecular formula is C29H36O2. The van der Waals surface area contributed by atoms with Crippen molar-refractivity contribution in [3.63, 3.8) is 0 Å². The number of benzene rings is 1. The van der Waals surface area contributed by atoms with E-state index in [1.54, 1.807) is 5.57 Å². The average Bonchev–Trinajstić information content (AvgIpc) is 2.80. The normalized spacial score (nSPS) is 30.7. The van der Waals surface area contributed by atoms with Crippen LogP contribution < -0.4 is 0 Å². The van der Waals surface area contributed by atoms with Gasteiger partial charge in [0.25, 0.3) is 0 Å². The molecule has 2 heteroatoms. The second-order valence-electron chi connectivity index (χ2n) is 10.2. The topological polar surface area (TPSA) is 26.3 Å². The Labute approximate surface area is 187 Å². The van der Waals surface area contributed by atoms with Gasteiger partial charge in [0.2, 0.25) is 0 Å². The molecule has 2 fully saturated rings. The molecule has 0 N–H and O–H groups in total. The Kier molecular flexibility index (Phi) is 6.16. The van der Waals surface area contributed by atoms with Crippen molar-refractivity contribution in [1.82, 2.24) is 0 Å². The molecule has 0 spiro atoms. The third-order valence-corrected chi connectivity index (χ3v) is 8.16. The highest BCUT2D eigenvalue weighted by Gasteiger charge is 2.46. The minimum Gasteiger partial charge on any atom is -0.491 e. The smallest absolute Gasteiger partial charge is 0.133 e. The fourth-order valence-electron chi connectivity index (χ4n) is 6.70. The highest BCUT2D eigenvalue weighted by Crippen LogP contribution is 2.54. The zero-order chi connectivity index (χ0) is 21.2. The van der Waals surface area contributed by atoms with Crippen LogP contribution >= 0.6 is 0 Å². The number of fused-ring (bicyclic) bond motifs is 5. The Morgan fingerprint density at radius 2 is 1.94 bits per heavy atom. The summed E-state index contributed by atoms with van der Waals surface area (Å²) in [5.74, 6) is 3.88. The number of carbonyl (C=O) groups is 1. The second-order valence-corrected chi connectivity index (χ2v) is 10.2. The molecule has 0 heterocycles. The molecule has 4 aliphatic carbocycles. The summed E-state index contributed by atoms with van der Waals surface area (Å²) in [6.07, 6.45) is 18.4. The van der Waals surface area contributed by atoms with Crippen LogP contribution in [0.25, 0.3) is 0 Å². The third kappa shape index (κ3) is 4.45. The van der Waals surface area contributed by atoms with E-state index in [0.29, 0.717) is 23.5 Å². The zero-order valence-corrected chi connectivity index (χ0v) is 18.9. The van der Waals surface area contributed by atoms with Gasteiger partial charge in [0, 0.05) is 18.8 Å². The first-order valence-corrected chi connectivity index (χ1v) is 12.5. The summed E-state index contributed by atoms with van der Waals surface area (Å²) in [4.78, 5) is 12.3. The Morgan fingerprint density at radius 1 is 1.06 bits per heavy atom. The monoisotopic (exact) mass is 416 g/mol. The van der Waals surface area contributed by atoms with Gasteiger partial charge in [-0.3, -0.25) is 4.79 Å². The van der Waals surface area contributed by atoms with Gasteiger partial charge in [-0.2, -0.15) is 0 Å². The third-order valence-electron chi connectivity index (χ3n) is 8.16. The summed E-state index contributed by atoms with van der Waals surface area (Å²) in [5.41, 5.74) is 4.62. The van der Waals surface area contributed by atoms with E-state index in [4.69, 9.17) is 4.74 Å². The summed E-state index contributed by atoms with van der Waals surface area (Å²) in [6, 6.07) is 10.7. The Bertz CT molecular complexity index is 891. The van der Waals surface area contributed by atoms with Gasteiger partial charge < -0.3 is 4.74 Å². The molecule has 0 saturated heterocycles. The standard InChI is InChI=1S/C29H36O2/c1-20(8-7-11-21-9-3-2-4-10-21)31-23-15-17-27-28-18-22(30)14-16-26(28)24-12-5-6-13-25(24)29(27)19-23/h2-4,9-10,15,17,19-20,24,26-28H,5-8,11-14,16,18H2,1H3. The molecule has 0 bridgehead atoms. The molecule has 31 heavy (non-hydrogen) atoms. The van der Waals surface area contributed by atoms with Gasteiger partial charge in [-0.05, 0) is 92.9 Å². The predicted octanol–water partition coefficient (Wildman–Crippen LogP) is 6.97. The van der Waals surface area contributed by atoms with E-state index in [0.717, 1.165) is 50.2 Å². The maximum Gasteiger partial charge on any atom is 0.133 e. The van der Waals surface area contributed by atoms with Crippen molar-refractivity contribution < 1.29 is 9.53 Å². The molecule has 1 aromatic carbocycles. The van der Waals surface area contributed by atoms with Gasteiger partial charge in [0.15, 0.2) is 0 Å². The Morgan fingerprint density at radius 3 is 2.81 bits per heavy atom. The highest BCUT2D eigenvalue weighted by molar-refractivity contribution is 5.79. The first-order valence-electron chi connectivity index (χ1n) is 12.5. The maximum absolute atomic E-state index is 12.3. The molecule has 4 aliphatic rings. The predicted molar refractivity (Wildman–Crippen MR) is 125 cm³/mol. The van der Waals surface area contributed by atoms with Gasteiger partial charge in [-0.1, -0.05) is 48.4 Å². The van der Waals surface area contributed by atoms with Crippen LogP contribution in [0.3, 0.4) is 0 Å². The number of ketones is 1. The van der Waals surface area contributed by atoms with Crippen molar-refractivity contribution in [3.8, 4) is 0 Å². The molecule has 1 aromatic rings. The zero-order valence-electron chi connectivity index (χ0n) is 18.9. The number of Topliss-reactive ketones (excluding diaryl/α,β-unsaturated/α-hetero) is 1. The van der Waals surface area contributed by atoms with Crippen molar-refractivity contribution in [2.24, 2.45) is 23.7 Å². The Balaban J connectivity index is 1.28. The van der Waals surface area contributed by atoms with E-state index >= 15 is 0 Å². The molecule has 5 atom stereocenters. The van der Waals surface area contributed by atoms with E-state index in [9.17, 15) is 4.79 Å². The number of carbonyl (C=O) groups excluding carboxylic acids is 1. The molecule has 0 amide bonds. The summed E-state index contributed by atoms with van der Waals surface area (Å²) in [6.45, 7) is 2.20. The van der Waals surface area contributed by atoms with Gasteiger partial charge in [0.05, 0.1) is 6.10 Å². The van der Waals surface area contributed by atoms with Crippen LogP contribution in [0.4, 0.5) is 0 Å². The van der Waals surface area contributed by atoms with E-state index in [1.807, 2.05) is 0 Å². The largest absolute Gasteiger partial charge is 0.491 e. The van der Waals surface area contributed by atoms with Crippen molar-refractivity contribution in [2.45, 2.75) is 77.2 Å². The van der Waals surface area contributed by atoms with E-state index < -0.39 is 0 Å². The minimum absolute atomic E-state index is 0.219. The van der Waals surface area contributed by atoms with E-state index in [1.165, 1.54) is 36.8 Å². The Hall–Kier alpha value is -2.09. The van der Waals surface area contributed by atoms with Crippen LogP contribution in [0.2, 0.25) is 0 Å². The molecule has 2 saturated carbocycles. The number of allylic oxidation sites excluding steroid dienone is 5. The molecule has 5 rings (SSSR count). The molecule has 5 unspecified atom stereocenters. The number of ether oxygens (including phenoxy) is 1. The lowest BCUT2D eigenvalue weighted by molar-refractivity contribution is -0.124. The van der Waals surface area contributed by atoms with Crippen LogP contribution in [0, 0.1) is 23.7 Å². The lowest BCUT2D eigenvalue weighted by Crippen LogP contribution is -2.41. The summed E-state index contributed by atoms with van der Waals surface area (Å²) < 4.78 is 6.39. The lowest BCUT2D eigenvalue weighted by atomic mass is 9.55. The quantitative estimate of drug-likeness (QED) is 0.500. The second kappa shape index (κ2) is 9.18. The molecular weight excluding hydrogens is 380 g/mol. The van der Waals surface area contributed by atoms with Crippen molar-refractivity contribution in [2.75, 3.05) is 0 Å². The fraction of sp³-hybridized carbons (Fsp3) is 0.552. The van der Waals surface area contributed by atoms with E-state index in [2.05, 4.69) is 55.5 Å². The van der Waals surface area contributed by atoms with Crippen LogP contribution in [-0.4, -0.2) is 11.9 Å². The maximum atomic E-state index is 12.3. The first kappa shape index (κ1) is 20.8. The first-order chi connectivity index (χ1) is 15.2.